The van der Waals surface area contributed by atoms with Gasteiger partial charge in [-0.2, -0.15) is 13.2 Å². The molecule has 1 aromatic rings. The highest BCUT2D eigenvalue weighted by molar-refractivity contribution is 5.80. The van der Waals surface area contributed by atoms with Gasteiger partial charge >= 0.3 is 12.1 Å². The lowest BCUT2D eigenvalue weighted by molar-refractivity contribution is -0.206. The number of alkyl halides is 3. The summed E-state index contributed by atoms with van der Waals surface area (Å²) in [5, 5.41) is 18.0. The maximum Gasteiger partial charge on any atom is 0.418 e. The molecular formula is C12H13F3O3. The second-order valence-electron chi connectivity index (χ2n) is 4.50. The van der Waals surface area contributed by atoms with E-state index in [0.717, 1.165) is 12.1 Å². The van der Waals surface area contributed by atoms with Gasteiger partial charge in [0.25, 0.3) is 0 Å². The number of aliphatic hydroxyl groups is 1. The fourth-order valence-electron chi connectivity index (χ4n) is 1.39. The van der Waals surface area contributed by atoms with E-state index >= 15 is 0 Å². The molecule has 0 aliphatic heterocycles. The Morgan fingerprint density at radius 1 is 1.17 bits per heavy atom. The van der Waals surface area contributed by atoms with Gasteiger partial charge in [-0.1, -0.05) is 24.3 Å². The van der Waals surface area contributed by atoms with Crippen molar-refractivity contribution in [3.05, 3.63) is 35.4 Å². The summed E-state index contributed by atoms with van der Waals surface area (Å²) in [5.41, 5.74) is -1.14. The largest absolute Gasteiger partial charge is 0.481 e. The number of hydrogen-bond donors (Lipinski definition) is 2. The number of rotatable bonds is 3. The van der Waals surface area contributed by atoms with Gasteiger partial charge in [0.15, 0.2) is 6.10 Å². The molecule has 18 heavy (non-hydrogen) atoms. The standard InChI is InChI=1S/C12H13F3O3/c1-11(2,10(17)18)8-5-3-7(4-6-8)9(16)12(13,14)15/h3-6,9,16H,1-2H3,(H,17,18). The molecule has 0 saturated carbocycles. The van der Waals surface area contributed by atoms with Gasteiger partial charge in [0.2, 0.25) is 0 Å². The van der Waals surface area contributed by atoms with Gasteiger partial charge in [-0.05, 0) is 25.0 Å². The molecule has 0 aromatic heterocycles. The second-order valence-corrected chi connectivity index (χ2v) is 4.50. The molecule has 0 amide bonds. The van der Waals surface area contributed by atoms with Crippen LogP contribution in [0.15, 0.2) is 24.3 Å². The molecule has 1 atom stereocenters. The lowest BCUT2D eigenvalue weighted by Gasteiger charge is -2.21. The van der Waals surface area contributed by atoms with E-state index in [1.807, 2.05) is 0 Å². The van der Waals surface area contributed by atoms with Gasteiger partial charge in [-0.3, -0.25) is 4.79 Å². The lowest BCUT2D eigenvalue weighted by atomic mass is 9.84. The van der Waals surface area contributed by atoms with Crippen molar-refractivity contribution in [2.75, 3.05) is 0 Å². The summed E-state index contributed by atoms with van der Waals surface area (Å²) in [6, 6.07) is 4.72. The highest BCUT2D eigenvalue weighted by atomic mass is 19.4. The summed E-state index contributed by atoms with van der Waals surface area (Å²) >= 11 is 0. The van der Waals surface area contributed by atoms with Crippen LogP contribution in [0, 0.1) is 0 Å². The molecule has 100 valence electrons. The Labute approximate surface area is 102 Å². The van der Waals surface area contributed by atoms with Gasteiger partial charge in [-0.25, -0.2) is 0 Å². The minimum absolute atomic E-state index is 0.313. The summed E-state index contributed by atoms with van der Waals surface area (Å²) in [6.45, 7) is 2.90. The number of aliphatic carboxylic acids is 1. The summed E-state index contributed by atoms with van der Waals surface area (Å²) in [7, 11) is 0. The Kier molecular flexibility index (Phi) is 3.71. The van der Waals surface area contributed by atoms with Crippen molar-refractivity contribution in [2.24, 2.45) is 0 Å². The molecule has 1 aromatic carbocycles. The zero-order valence-electron chi connectivity index (χ0n) is 9.82. The van der Waals surface area contributed by atoms with E-state index in [-0.39, 0.29) is 5.56 Å². The fraction of sp³-hybridized carbons (Fsp3) is 0.417. The predicted molar refractivity (Wildman–Crippen MR) is 58.1 cm³/mol. The summed E-state index contributed by atoms with van der Waals surface area (Å²) in [4.78, 5) is 11.0. The third-order valence-corrected chi connectivity index (χ3v) is 2.79. The van der Waals surface area contributed by atoms with Crippen molar-refractivity contribution in [2.45, 2.75) is 31.5 Å². The van der Waals surface area contributed by atoms with Gasteiger partial charge in [0.1, 0.15) is 0 Å². The van der Waals surface area contributed by atoms with E-state index in [9.17, 15) is 18.0 Å². The maximum atomic E-state index is 12.3. The van der Waals surface area contributed by atoms with Crippen LogP contribution in [0.4, 0.5) is 13.2 Å². The highest BCUT2D eigenvalue weighted by Gasteiger charge is 2.39. The first-order valence-corrected chi connectivity index (χ1v) is 5.15. The number of hydrogen-bond acceptors (Lipinski definition) is 2. The fourth-order valence-corrected chi connectivity index (χ4v) is 1.39. The molecule has 0 fully saturated rings. The molecule has 3 nitrogen and oxygen atoms in total. The normalized spacial score (nSPS) is 14.3. The van der Waals surface area contributed by atoms with Crippen LogP contribution >= 0.6 is 0 Å². The second kappa shape index (κ2) is 4.61. The van der Waals surface area contributed by atoms with Crippen LogP contribution in [0.3, 0.4) is 0 Å². The number of carboxylic acids is 1. The minimum atomic E-state index is -4.73. The molecule has 1 rings (SSSR count). The summed E-state index contributed by atoms with van der Waals surface area (Å²) in [6.07, 6.45) is -7.29. The Balaban J connectivity index is 3.04. The lowest BCUT2D eigenvalue weighted by Crippen LogP contribution is -2.28. The first-order chi connectivity index (χ1) is 8.06. The molecule has 6 heteroatoms. The average Bonchev–Trinajstić information content (AvgIpc) is 2.26. The van der Waals surface area contributed by atoms with Crippen LogP contribution in [0.5, 0.6) is 0 Å². The molecule has 0 saturated heterocycles. The van der Waals surface area contributed by atoms with Crippen LogP contribution in [0.25, 0.3) is 0 Å². The molecule has 2 N–H and O–H groups in total. The monoisotopic (exact) mass is 262 g/mol. The first kappa shape index (κ1) is 14.5. The Morgan fingerprint density at radius 2 is 1.61 bits per heavy atom. The average molecular weight is 262 g/mol. The Hall–Kier alpha value is -1.56. The number of carbonyl (C=O) groups is 1. The predicted octanol–water partition coefficient (Wildman–Crippen LogP) is 2.64. The molecule has 0 aliphatic rings. The molecule has 1 unspecified atom stereocenters. The van der Waals surface area contributed by atoms with Crippen molar-refractivity contribution in [1.82, 2.24) is 0 Å². The molecule has 0 spiro atoms. The molecular weight excluding hydrogens is 249 g/mol. The summed E-state index contributed by atoms with van der Waals surface area (Å²) in [5.74, 6) is -1.08. The number of aliphatic hydroxyl groups excluding tert-OH is 1. The number of carboxylic acid groups (broad SMARTS) is 1. The van der Waals surface area contributed by atoms with Crippen LogP contribution in [-0.2, 0) is 10.2 Å². The van der Waals surface area contributed by atoms with Crippen LogP contribution in [-0.4, -0.2) is 22.4 Å². The molecule has 0 radical (unpaired) electrons. The van der Waals surface area contributed by atoms with Crippen molar-refractivity contribution in [1.29, 1.82) is 0 Å². The van der Waals surface area contributed by atoms with Crippen LogP contribution < -0.4 is 0 Å². The first-order valence-electron chi connectivity index (χ1n) is 5.15. The van der Waals surface area contributed by atoms with E-state index in [1.165, 1.54) is 26.0 Å². The third-order valence-electron chi connectivity index (χ3n) is 2.79. The van der Waals surface area contributed by atoms with E-state index in [2.05, 4.69) is 0 Å². The SMILES string of the molecule is CC(C)(C(=O)O)c1ccc(C(O)C(F)(F)F)cc1. The Morgan fingerprint density at radius 3 is 1.94 bits per heavy atom. The number of benzene rings is 1. The Bertz CT molecular complexity index is 435. The van der Waals surface area contributed by atoms with E-state index in [4.69, 9.17) is 10.2 Å². The minimum Gasteiger partial charge on any atom is -0.481 e. The topological polar surface area (TPSA) is 57.5 Å². The van der Waals surface area contributed by atoms with Crippen molar-refractivity contribution < 1.29 is 28.2 Å². The van der Waals surface area contributed by atoms with Gasteiger partial charge in [0.05, 0.1) is 5.41 Å². The van der Waals surface area contributed by atoms with Gasteiger partial charge < -0.3 is 10.2 Å². The van der Waals surface area contributed by atoms with E-state index in [1.54, 1.807) is 0 Å². The van der Waals surface area contributed by atoms with Crippen molar-refractivity contribution in [3.8, 4) is 0 Å². The van der Waals surface area contributed by atoms with E-state index < -0.39 is 23.7 Å². The van der Waals surface area contributed by atoms with E-state index in [0.29, 0.717) is 5.56 Å². The number of halogens is 3. The molecule has 0 heterocycles. The van der Waals surface area contributed by atoms with Crippen LogP contribution in [0.2, 0.25) is 0 Å². The summed E-state index contributed by atoms with van der Waals surface area (Å²) < 4.78 is 36.8. The smallest absolute Gasteiger partial charge is 0.418 e. The van der Waals surface area contributed by atoms with Crippen molar-refractivity contribution in [3.63, 3.8) is 0 Å². The molecule has 0 aliphatic carbocycles. The van der Waals surface area contributed by atoms with Gasteiger partial charge in [0, 0.05) is 0 Å². The maximum absolute atomic E-state index is 12.3. The molecule has 0 bridgehead atoms. The van der Waals surface area contributed by atoms with Crippen LogP contribution in [0.1, 0.15) is 31.1 Å². The third kappa shape index (κ3) is 2.81. The highest BCUT2D eigenvalue weighted by Crippen LogP contribution is 2.33. The zero-order chi connectivity index (χ0) is 14.1. The quantitative estimate of drug-likeness (QED) is 0.880. The zero-order valence-corrected chi connectivity index (χ0v) is 9.82. The van der Waals surface area contributed by atoms with Crippen molar-refractivity contribution >= 4 is 5.97 Å². The van der Waals surface area contributed by atoms with Gasteiger partial charge in [-0.15, -0.1) is 0 Å².